The first-order chi connectivity index (χ1) is 36.2. The molecule has 7 atom stereocenters. The van der Waals surface area contributed by atoms with Crippen LogP contribution in [0, 0.1) is 11.8 Å². The first-order valence-electron chi connectivity index (χ1n) is 24.5. The van der Waals surface area contributed by atoms with E-state index in [1.807, 2.05) is 0 Å². The van der Waals surface area contributed by atoms with Gasteiger partial charge in [0.15, 0.2) is 5.96 Å². The highest BCUT2D eigenvalue weighted by Gasteiger charge is 2.41. The summed E-state index contributed by atoms with van der Waals surface area (Å²) >= 11 is 0. The van der Waals surface area contributed by atoms with Crippen LogP contribution in [-0.4, -0.2) is 142 Å². The van der Waals surface area contributed by atoms with Crippen LogP contribution in [0.2, 0.25) is 0 Å². The molecule has 4 rings (SSSR count). The normalized spacial score (nSPS) is 15.2. The van der Waals surface area contributed by atoms with Crippen molar-refractivity contribution in [2.75, 3.05) is 26.7 Å². The maximum Gasteiger partial charge on any atom is 0.326 e. The lowest BCUT2D eigenvalue weighted by Crippen LogP contribution is -2.61. The molecule has 1 aromatic heterocycles. The van der Waals surface area contributed by atoms with E-state index in [1.54, 1.807) is 59.0 Å². The molecule has 2 aromatic carbocycles. The number of amides is 7. The Morgan fingerprint density at radius 2 is 1.28 bits per heavy atom. The number of likely N-dealkylation sites (N-methyl/N-ethyl adjacent to an activating group) is 1. The van der Waals surface area contributed by atoms with E-state index in [4.69, 9.17) is 22.5 Å². The van der Waals surface area contributed by atoms with Crippen molar-refractivity contribution < 1.29 is 43.5 Å². The third kappa shape index (κ3) is 18.6. The molecule has 2 heterocycles. The Bertz CT molecular complexity index is 2610. The van der Waals surface area contributed by atoms with Gasteiger partial charge in [0.2, 0.25) is 41.4 Å². The standard InChI is InChI=1S/C48H67N19O9/c1-26(2)39(61-41(69)33(57-38(68)24-53-5)8-6-18-55-48(49)50)44(72)58-34(20-28-10-14-30(15-11-28)63-65-51)42(70)62-40(27(3)4)45(73)59-35(22-32-23-54-25-56-32)46(74)67-19-7-9-37(67)43(71)60-36(47(75)76)21-29-12-16-31(17-13-29)64-66-52/h10-17,23,25-27,33-37,39-40,53H,6-9,18-22,24H2,1-5H3,(H,54,56)(H,57,68)(H,58,72)(H,59,73)(H,60,71)(H,61,69)(H,62,70)(H,75,76)(H4,49,50,55)/t33-,34-,35-,36-,37-,39-,40-/m0/s1. The molecule has 76 heavy (non-hydrogen) atoms. The van der Waals surface area contributed by atoms with Gasteiger partial charge in [0.1, 0.15) is 42.3 Å². The molecule has 3 aromatic rings. The summed E-state index contributed by atoms with van der Waals surface area (Å²) in [6.45, 7) is 6.81. The van der Waals surface area contributed by atoms with Gasteiger partial charge in [-0.3, -0.25) is 38.6 Å². The van der Waals surface area contributed by atoms with E-state index in [0.29, 0.717) is 35.3 Å². The van der Waals surface area contributed by atoms with E-state index in [1.165, 1.54) is 41.7 Å². The van der Waals surface area contributed by atoms with E-state index in [-0.39, 0.29) is 63.4 Å². The summed E-state index contributed by atoms with van der Waals surface area (Å²) in [5.74, 6) is -7.60. The predicted molar refractivity (Wildman–Crippen MR) is 278 cm³/mol. The lowest BCUT2D eigenvalue weighted by atomic mass is 9.98. The SMILES string of the molecule is CNCC(=O)N[C@@H](CCCN=C(N)N)C(=O)N[C@H](C(=O)N[C@@H](Cc1ccc(N=[N+]=[N-])cc1)C(=O)N[C@H](C(=O)N[C@@H](Cc1cnc[nH]1)C(=O)N1CCC[C@H]1C(=O)N[C@@H](Cc1ccc(N=[N+]=[N-])cc1)C(=O)O)C(C)C)C(C)C. The number of nitrogens with one attached hydrogen (secondary N) is 8. The number of nitrogens with zero attached hydrogens (tertiary/aromatic N) is 9. The number of rotatable bonds is 29. The van der Waals surface area contributed by atoms with Crippen molar-refractivity contribution in [2.24, 2.45) is 38.5 Å². The van der Waals surface area contributed by atoms with Crippen molar-refractivity contribution in [3.05, 3.63) is 98.8 Å². The third-order valence-corrected chi connectivity index (χ3v) is 12.2. The van der Waals surface area contributed by atoms with Crippen molar-refractivity contribution in [3.63, 3.8) is 0 Å². The highest BCUT2D eigenvalue weighted by Crippen LogP contribution is 2.22. The second-order valence-electron chi connectivity index (χ2n) is 18.7. The van der Waals surface area contributed by atoms with E-state index in [2.05, 4.69) is 72.2 Å². The number of H-pyrrole nitrogens is 1. The molecule has 1 saturated heterocycles. The number of hydrogen-bond donors (Lipinski definition) is 11. The quantitative estimate of drug-likeness (QED) is 0.0115. The van der Waals surface area contributed by atoms with Crippen LogP contribution in [0.1, 0.15) is 70.2 Å². The number of guanidine groups is 1. The Labute approximate surface area is 438 Å². The highest BCUT2D eigenvalue weighted by molar-refractivity contribution is 5.98. The molecule has 0 aliphatic carbocycles. The van der Waals surface area contributed by atoms with Crippen molar-refractivity contribution >= 4 is 64.7 Å². The minimum atomic E-state index is -1.39. The van der Waals surface area contributed by atoms with Crippen LogP contribution in [0.4, 0.5) is 11.4 Å². The molecule has 0 saturated carbocycles. The van der Waals surface area contributed by atoms with Crippen LogP contribution in [0.15, 0.2) is 76.3 Å². The van der Waals surface area contributed by atoms with Crippen molar-refractivity contribution in [1.82, 2.24) is 52.1 Å². The molecule has 408 valence electrons. The summed E-state index contributed by atoms with van der Waals surface area (Å²) in [4.78, 5) is 128. The fraction of sp³-hybridized carbons (Fsp3) is 0.500. The van der Waals surface area contributed by atoms with Crippen molar-refractivity contribution in [1.29, 1.82) is 0 Å². The largest absolute Gasteiger partial charge is 0.480 e. The average molecular weight is 1050 g/mol. The Morgan fingerprint density at radius 1 is 0.737 bits per heavy atom. The molecule has 0 spiro atoms. The zero-order valence-electron chi connectivity index (χ0n) is 42.9. The van der Waals surface area contributed by atoms with E-state index in [0.717, 1.165) is 0 Å². The van der Waals surface area contributed by atoms with Gasteiger partial charge in [0, 0.05) is 65.4 Å². The number of benzene rings is 2. The number of aromatic amines is 1. The first-order valence-corrected chi connectivity index (χ1v) is 24.5. The second kappa shape index (κ2) is 29.8. The molecule has 1 aliphatic heterocycles. The first kappa shape index (κ1) is 59.8. The highest BCUT2D eigenvalue weighted by atomic mass is 16.4. The smallest absolute Gasteiger partial charge is 0.326 e. The Hall–Kier alpha value is -8.74. The van der Waals surface area contributed by atoms with Crippen molar-refractivity contribution in [2.45, 2.75) is 115 Å². The minimum absolute atomic E-state index is 0.0984. The number of carbonyl (C=O) groups is 8. The Balaban J connectivity index is 1.58. The molecule has 0 unspecified atom stereocenters. The van der Waals surface area contributed by atoms with Crippen LogP contribution < -0.4 is 48.7 Å². The van der Waals surface area contributed by atoms with Gasteiger partial charge in [-0.1, -0.05) is 86.5 Å². The van der Waals surface area contributed by atoms with Gasteiger partial charge in [-0.2, -0.15) is 0 Å². The number of azide groups is 2. The van der Waals surface area contributed by atoms with Gasteiger partial charge in [-0.25, -0.2) is 9.78 Å². The van der Waals surface area contributed by atoms with Crippen LogP contribution in [0.25, 0.3) is 20.9 Å². The maximum atomic E-state index is 14.6. The van der Waals surface area contributed by atoms with Gasteiger partial charge < -0.3 is 63.7 Å². The molecule has 0 radical (unpaired) electrons. The molecule has 0 bridgehead atoms. The summed E-state index contributed by atoms with van der Waals surface area (Å²) in [5, 5.41) is 36.0. The van der Waals surface area contributed by atoms with Gasteiger partial charge in [0.05, 0.1) is 12.9 Å². The molecule has 13 N–H and O–H groups in total. The summed E-state index contributed by atoms with van der Waals surface area (Å²) in [7, 11) is 1.56. The number of hydrogen-bond acceptors (Lipinski definition) is 13. The number of aliphatic imine (C=N–C) groups is 1. The number of carbonyl (C=O) groups excluding carboxylic acids is 7. The Kier molecular flexibility index (Phi) is 23.5. The molecular weight excluding hydrogens is 987 g/mol. The number of aliphatic carboxylic acids is 1. The number of carboxylic acids is 1. The van der Waals surface area contributed by atoms with Crippen LogP contribution in [0.5, 0.6) is 0 Å². The van der Waals surface area contributed by atoms with Crippen LogP contribution >= 0.6 is 0 Å². The summed E-state index contributed by atoms with van der Waals surface area (Å²) in [6.07, 6.45) is 3.41. The number of aromatic nitrogens is 2. The maximum absolute atomic E-state index is 14.6. The summed E-state index contributed by atoms with van der Waals surface area (Å²) < 4.78 is 0. The predicted octanol–water partition coefficient (Wildman–Crippen LogP) is 0.891. The van der Waals surface area contributed by atoms with E-state index >= 15 is 0 Å². The molecule has 7 amide bonds. The molecule has 28 nitrogen and oxygen atoms in total. The molecule has 1 aliphatic rings. The average Bonchev–Trinajstić information content (AvgIpc) is 4.09. The van der Waals surface area contributed by atoms with E-state index < -0.39 is 101 Å². The number of carboxylic acid groups (broad SMARTS) is 1. The topological polar surface area (TPSA) is 435 Å². The third-order valence-electron chi connectivity index (χ3n) is 12.2. The van der Waals surface area contributed by atoms with Gasteiger partial charge >= 0.3 is 5.97 Å². The summed E-state index contributed by atoms with van der Waals surface area (Å²) in [6, 6.07) is 3.43. The van der Waals surface area contributed by atoms with Gasteiger partial charge in [0.25, 0.3) is 0 Å². The Morgan fingerprint density at radius 3 is 1.76 bits per heavy atom. The second-order valence-corrected chi connectivity index (χ2v) is 18.7. The minimum Gasteiger partial charge on any atom is -0.480 e. The van der Waals surface area contributed by atoms with Crippen LogP contribution in [-0.2, 0) is 57.6 Å². The lowest BCUT2D eigenvalue weighted by Gasteiger charge is -2.31. The van der Waals surface area contributed by atoms with Gasteiger partial charge in [-0.15, -0.1) is 0 Å². The molecule has 28 heteroatoms. The number of imidazole rings is 1. The van der Waals surface area contributed by atoms with Crippen LogP contribution in [0.3, 0.4) is 0 Å². The molecule has 1 fully saturated rings. The number of nitrogens with two attached hydrogens (primary N) is 2. The van der Waals surface area contributed by atoms with E-state index in [9.17, 15) is 43.5 Å². The monoisotopic (exact) mass is 1050 g/mol. The summed E-state index contributed by atoms with van der Waals surface area (Å²) in [5.41, 5.74) is 30.6. The molecular formula is C48H67N19O9. The van der Waals surface area contributed by atoms with Crippen molar-refractivity contribution in [3.8, 4) is 0 Å². The van der Waals surface area contributed by atoms with Gasteiger partial charge in [-0.05, 0) is 66.8 Å². The zero-order chi connectivity index (χ0) is 55.9. The zero-order valence-corrected chi connectivity index (χ0v) is 42.9. The number of likely N-dealkylation sites (tertiary alicyclic amines) is 1. The fourth-order valence-corrected chi connectivity index (χ4v) is 8.25. The lowest BCUT2D eigenvalue weighted by molar-refractivity contribution is -0.145. The fourth-order valence-electron chi connectivity index (χ4n) is 8.25.